The molecular formula is C11H12N2O4S. The molecule has 1 N–H and O–H groups in total. The lowest BCUT2D eigenvalue weighted by atomic mass is 10.4. The van der Waals surface area contributed by atoms with Crippen LogP contribution in [-0.2, 0) is 13.0 Å². The second-order valence-electron chi connectivity index (χ2n) is 3.60. The van der Waals surface area contributed by atoms with E-state index >= 15 is 0 Å². The second-order valence-corrected chi connectivity index (χ2v) is 4.86. The third-order valence-corrected chi connectivity index (χ3v) is 3.20. The first-order valence-corrected chi connectivity index (χ1v) is 6.19. The molecule has 0 amide bonds. The zero-order valence-corrected chi connectivity index (χ0v) is 10.8. The minimum absolute atomic E-state index is 0.0972. The van der Waals surface area contributed by atoms with E-state index in [9.17, 15) is 4.79 Å². The molecular weight excluding hydrogens is 256 g/mol. The molecule has 0 unspecified atom stereocenters. The van der Waals surface area contributed by atoms with Gasteiger partial charge in [0.25, 0.3) is 0 Å². The summed E-state index contributed by atoms with van der Waals surface area (Å²) in [7, 11) is 0. The lowest BCUT2D eigenvalue weighted by Gasteiger charge is -2.01. The van der Waals surface area contributed by atoms with Crippen LogP contribution in [0.3, 0.4) is 0 Å². The largest absolute Gasteiger partial charge is 0.484 e. The number of carboxylic acids is 1. The Hall–Kier alpha value is -1.89. The van der Waals surface area contributed by atoms with Crippen LogP contribution in [0.4, 0.5) is 0 Å². The Morgan fingerprint density at radius 2 is 2.39 bits per heavy atom. The Morgan fingerprint density at radius 3 is 3.00 bits per heavy atom. The van der Waals surface area contributed by atoms with Crippen molar-refractivity contribution in [3.05, 3.63) is 27.5 Å². The molecule has 2 aromatic heterocycles. The summed E-state index contributed by atoms with van der Waals surface area (Å²) in [5.74, 6) is 0.291. The van der Waals surface area contributed by atoms with Crippen molar-refractivity contribution >= 4 is 17.3 Å². The smallest absolute Gasteiger partial charge is 0.349 e. The van der Waals surface area contributed by atoms with Crippen molar-refractivity contribution in [3.8, 4) is 5.75 Å². The van der Waals surface area contributed by atoms with Gasteiger partial charge in [-0.2, -0.15) is 4.98 Å². The van der Waals surface area contributed by atoms with Gasteiger partial charge in [-0.05, 0) is 13.0 Å². The van der Waals surface area contributed by atoms with Gasteiger partial charge in [0.1, 0.15) is 5.75 Å². The molecule has 0 aromatic carbocycles. The standard InChI is InChI=1S/C11H12N2O4S/c1-3-9-12-8(13-17-9)5-16-7-4-6(2)18-10(7)11(14)15/h4H,3,5H2,1-2H3,(H,14,15). The molecule has 0 radical (unpaired) electrons. The molecule has 0 aliphatic heterocycles. The van der Waals surface area contributed by atoms with Crippen molar-refractivity contribution in [2.24, 2.45) is 0 Å². The van der Waals surface area contributed by atoms with E-state index in [1.807, 2.05) is 13.8 Å². The van der Waals surface area contributed by atoms with Gasteiger partial charge in [-0.25, -0.2) is 4.79 Å². The van der Waals surface area contributed by atoms with Gasteiger partial charge in [0.05, 0.1) is 0 Å². The van der Waals surface area contributed by atoms with Crippen LogP contribution in [-0.4, -0.2) is 21.2 Å². The normalized spacial score (nSPS) is 10.6. The van der Waals surface area contributed by atoms with E-state index < -0.39 is 5.97 Å². The van der Waals surface area contributed by atoms with E-state index in [4.69, 9.17) is 14.4 Å². The third kappa shape index (κ3) is 2.67. The molecule has 18 heavy (non-hydrogen) atoms. The number of carbonyl (C=O) groups is 1. The predicted octanol–water partition coefficient (Wildman–Crippen LogP) is 2.28. The number of aromatic nitrogens is 2. The fourth-order valence-electron chi connectivity index (χ4n) is 1.38. The van der Waals surface area contributed by atoms with Crippen LogP contribution in [0.1, 0.15) is 33.2 Å². The molecule has 0 aliphatic rings. The predicted molar refractivity (Wildman–Crippen MR) is 64.0 cm³/mol. The van der Waals surface area contributed by atoms with E-state index in [-0.39, 0.29) is 11.5 Å². The fourth-order valence-corrected chi connectivity index (χ4v) is 2.18. The van der Waals surface area contributed by atoms with Crippen LogP contribution in [0.2, 0.25) is 0 Å². The maximum atomic E-state index is 11.0. The zero-order chi connectivity index (χ0) is 13.1. The summed E-state index contributed by atoms with van der Waals surface area (Å²) >= 11 is 1.18. The number of aromatic carboxylic acids is 1. The fraction of sp³-hybridized carbons (Fsp3) is 0.364. The van der Waals surface area contributed by atoms with E-state index in [1.165, 1.54) is 11.3 Å². The minimum atomic E-state index is -0.995. The van der Waals surface area contributed by atoms with Crippen molar-refractivity contribution in [3.63, 3.8) is 0 Å². The summed E-state index contributed by atoms with van der Waals surface area (Å²) in [6.45, 7) is 3.83. The molecule has 0 spiro atoms. The van der Waals surface area contributed by atoms with Gasteiger partial charge in [0, 0.05) is 11.3 Å². The summed E-state index contributed by atoms with van der Waals surface area (Å²) < 4.78 is 10.3. The monoisotopic (exact) mass is 268 g/mol. The first-order valence-electron chi connectivity index (χ1n) is 5.38. The third-order valence-electron chi connectivity index (χ3n) is 2.18. The van der Waals surface area contributed by atoms with Gasteiger partial charge >= 0.3 is 5.97 Å². The second kappa shape index (κ2) is 5.18. The molecule has 2 heterocycles. The highest BCUT2D eigenvalue weighted by Crippen LogP contribution is 2.29. The van der Waals surface area contributed by atoms with Crippen molar-refractivity contribution in [2.75, 3.05) is 0 Å². The molecule has 0 atom stereocenters. The average Bonchev–Trinajstić information content (AvgIpc) is 2.92. The lowest BCUT2D eigenvalue weighted by Crippen LogP contribution is -2.01. The number of aryl methyl sites for hydroxylation is 2. The van der Waals surface area contributed by atoms with Crippen molar-refractivity contribution < 1.29 is 19.2 Å². The van der Waals surface area contributed by atoms with Crippen molar-refractivity contribution in [2.45, 2.75) is 26.9 Å². The molecule has 0 saturated heterocycles. The van der Waals surface area contributed by atoms with Crippen LogP contribution in [0, 0.1) is 6.92 Å². The summed E-state index contributed by atoms with van der Waals surface area (Å²) in [5, 5.41) is 12.7. The molecule has 7 heteroatoms. The van der Waals surface area contributed by atoms with Crippen LogP contribution >= 0.6 is 11.3 Å². The Balaban J connectivity index is 2.07. The van der Waals surface area contributed by atoms with Gasteiger partial charge in [-0.1, -0.05) is 12.1 Å². The number of hydrogen-bond donors (Lipinski definition) is 1. The van der Waals surface area contributed by atoms with Crippen LogP contribution in [0.5, 0.6) is 5.75 Å². The molecule has 96 valence electrons. The van der Waals surface area contributed by atoms with Crippen LogP contribution in [0.15, 0.2) is 10.6 Å². The molecule has 0 saturated carbocycles. The molecule has 0 fully saturated rings. The Bertz CT molecular complexity index is 561. The van der Waals surface area contributed by atoms with Gasteiger partial charge in [-0.3, -0.25) is 0 Å². The zero-order valence-electron chi connectivity index (χ0n) is 9.97. The maximum Gasteiger partial charge on any atom is 0.349 e. The highest BCUT2D eigenvalue weighted by atomic mass is 32.1. The molecule has 0 bridgehead atoms. The highest BCUT2D eigenvalue weighted by molar-refractivity contribution is 7.14. The molecule has 2 rings (SSSR count). The first-order chi connectivity index (χ1) is 8.60. The molecule has 2 aromatic rings. The average molecular weight is 268 g/mol. The Morgan fingerprint density at radius 1 is 1.61 bits per heavy atom. The summed E-state index contributed by atoms with van der Waals surface area (Å²) in [5.41, 5.74) is 0. The molecule has 0 aliphatic carbocycles. The number of carboxylic acid groups (broad SMARTS) is 1. The maximum absolute atomic E-state index is 11.0. The summed E-state index contributed by atoms with van der Waals surface area (Å²) in [4.78, 5) is 16.1. The topological polar surface area (TPSA) is 85.5 Å². The van der Waals surface area contributed by atoms with E-state index in [2.05, 4.69) is 10.1 Å². The van der Waals surface area contributed by atoms with E-state index in [0.717, 1.165) is 4.88 Å². The number of hydrogen-bond acceptors (Lipinski definition) is 6. The van der Waals surface area contributed by atoms with Crippen LogP contribution in [0.25, 0.3) is 0 Å². The SMILES string of the molecule is CCc1nc(COc2cc(C)sc2C(=O)O)no1. The number of thiophene rings is 1. The minimum Gasteiger partial charge on any atom is -0.484 e. The van der Waals surface area contributed by atoms with Gasteiger partial charge in [0.15, 0.2) is 11.5 Å². The Labute approximate surface area is 107 Å². The number of rotatable bonds is 5. The first kappa shape index (κ1) is 12.6. The number of nitrogens with zero attached hydrogens (tertiary/aromatic N) is 2. The Kier molecular flexibility index (Phi) is 3.61. The summed E-state index contributed by atoms with van der Waals surface area (Å²) in [6, 6.07) is 1.69. The van der Waals surface area contributed by atoms with Crippen molar-refractivity contribution in [1.29, 1.82) is 0 Å². The lowest BCUT2D eigenvalue weighted by molar-refractivity contribution is 0.0697. The van der Waals surface area contributed by atoms with E-state index in [0.29, 0.717) is 23.9 Å². The van der Waals surface area contributed by atoms with Gasteiger partial charge < -0.3 is 14.4 Å². The number of ether oxygens (including phenoxy) is 1. The quantitative estimate of drug-likeness (QED) is 0.895. The van der Waals surface area contributed by atoms with Crippen LogP contribution < -0.4 is 4.74 Å². The highest BCUT2D eigenvalue weighted by Gasteiger charge is 2.16. The van der Waals surface area contributed by atoms with Gasteiger partial charge in [-0.15, -0.1) is 11.3 Å². The van der Waals surface area contributed by atoms with E-state index in [1.54, 1.807) is 6.07 Å². The van der Waals surface area contributed by atoms with Gasteiger partial charge in [0.2, 0.25) is 11.7 Å². The summed E-state index contributed by atoms with van der Waals surface area (Å²) in [6.07, 6.45) is 0.658. The molecule has 6 nitrogen and oxygen atoms in total. The van der Waals surface area contributed by atoms with Crippen molar-refractivity contribution in [1.82, 2.24) is 10.1 Å².